The van der Waals surface area contributed by atoms with Crippen molar-refractivity contribution >= 4 is 37.6 Å². The number of rotatable bonds is 5. The van der Waals surface area contributed by atoms with Crippen LogP contribution in [-0.2, 0) is 14.8 Å². The van der Waals surface area contributed by atoms with Crippen LogP contribution < -0.4 is 9.04 Å². The first-order valence-corrected chi connectivity index (χ1v) is 9.05. The number of esters is 1. The number of benzene rings is 2. The summed E-state index contributed by atoms with van der Waals surface area (Å²) in [6, 6.07) is 10.6. The lowest BCUT2D eigenvalue weighted by Crippen LogP contribution is -2.26. The highest BCUT2D eigenvalue weighted by Gasteiger charge is 2.22. The minimum atomic E-state index is -3.75. The molecule has 0 bridgehead atoms. The van der Waals surface area contributed by atoms with Gasteiger partial charge in [-0.15, -0.1) is 0 Å². The van der Waals surface area contributed by atoms with Crippen LogP contribution in [0.1, 0.15) is 10.4 Å². The normalized spacial score (nSPS) is 11.0. The van der Waals surface area contributed by atoms with Gasteiger partial charge < -0.3 is 9.47 Å². The lowest BCUT2D eigenvalue weighted by molar-refractivity contribution is 0.0601. The Hall–Kier alpha value is -2.06. The molecule has 0 N–H and O–H groups in total. The molecule has 0 radical (unpaired) electrons. The van der Waals surface area contributed by atoms with E-state index in [-0.39, 0.29) is 4.90 Å². The molecule has 6 nitrogen and oxygen atoms in total. The van der Waals surface area contributed by atoms with E-state index in [2.05, 4.69) is 20.7 Å². The van der Waals surface area contributed by atoms with Gasteiger partial charge in [0.1, 0.15) is 5.75 Å². The van der Waals surface area contributed by atoms with Gasteiger partial charge in [0.25, 0.3) is 10.0 Å². The molecule has 0 heterocycles. The van der Waals surface area contributed by atoms with E-state index >= 15 is 0 Å². The van der Waals surface area contributed by atoms with Crippen LogP contribution in [0.15, 0.2) is 51.8 Å². The van der Waals surface area contributed by atoms with Gasteiger partial charge in [0, 0.05) is 7.05 Å². The smallest absolute Gasteiger partial charge is 0.337 e. The van der Waals surface area contributed by atoms with Crippen molar-refractivity contribution in [2.75, 3.05) is 25.6 Å². The van der Waals surface area contributed by atoms with Crippen molar-refractivity contribution in [1.29, 1.82) is 0 Å². The van der Waals surface area contributed by atoms with Crippen molar-refractivity contribution < 1.29 is 22.7 Å². The van der Waals surface area contributed by atoms with E-state index in [1.807, 2.05) is 0 Å². The SMILES string of the molecule is COC(=O)c1ccc(N(C)S(=O)(=O)c2ccc(OC)c(Br)c2)cc1. The summed E-state index contributed by atoms with van der Waals surface area (Å²) >= 11 is 3.28. The minimum absolute atomic E-state index is 0.120. The highest BCUT2D eigenvalue weighted by molar-refractivity contribution is 9.10. The molecule has 0 fully saturated rings. The van der Waals surface area contributed by atoms with Gasteiger partial charge in [-0.25, -0.2) is 13.2 Å². The molecule has 0 amide bonds. The zero-order valence-electron chi connectivity index (χ0n) is 13.3. The van der Waals surface area contributed by atoms with Crippen LogP contribution in [0, 0.1) is 0 Å². The topological polar surface area (TPSA) is 72.9 Å². The number of carbonyl (C=O) groups excluding carboxylic acids is 1. The van der Waals surface area contributed by atoms with E-state index in [1.54, 1.807) is 18.2 Å². The Balaban J connectivity index is 2.35. The molecule has 2 aromatic rings. The van der Waals surface area contributed by atoms with Crippen molar-refractivity contribution in [3.8, 4) is 5.75 Å². The first-order chi connectivity index (χ1) is 11.3. The molecule has 0 saturated heterocycles. The van der Waals surface area contributed by atoms with Gasteiger partial charge in [-0.05, 0) is 58.4 Å². The van der Waals surface area contributed by atoms with E-state index in [0.717, 1.165) is 4.31 Å². The molecule has 2 rings (SSSR count). The van der Waals surface area contributed by atoms with Crippen LogP contribution in [0.5, 0.6) is 5.75 Å². The number of hydrogen-bond donors (Lipinski definition) is 0. The number of anilines is 1. The molecule has 0 spiro atoms. The van der Waals surface area contributed by atoms with E-state index in [0.29, 0.717) is 21.5 Å². The van der Waals surface area contributed by atoms with Crippen LogP contribution in [0.2, 0.25) is 0 Å². The van der Waals surface area contributed by atoms with Crippen molar-refractivity contribution in [1.82, 2.24) is 0 Å². The number of carbonyl (C=O) groups is 1. The van der Waals surface area contributed by atoms with E-state index in [4.69, 9.17) is 4.74 Å². The zero-order valence-corrected chi connectivity index (χ0v) is 15.7. The fourth-order valence-electron chi connectivity index (χ4n) is 2.03. The van der Waals surface area contributed by atoms with Gasteiger partial charge in [-0.3, -0.25) is 4.31 Å². The number of hydrogen-bond acceptors (Lipinski definition) is 5. The Morgan fingerprint density at radius 3 is 2.21 bits per heavy atom. The number of ether oxygens (including phenoxy) is 2. The molecule has 0 saturated carbocycles. The minimum Gasteiger partial charge on any atom is -0.496 e. The second-order valence-electron chi connectivity index (χ2n) is 4.81. The molecule has 0 aliphatic heterocycles. The predicted molar refractivity (Wildman–Crippen MR) is 94.1 cm³/mol. The summed E-state index contributed by atoms with van der Waals surface area (Å²) in [5.74, 6) is 0.0604. The number of halogens is 1. The monoisotopic (exact) mass is 413 g/mol. The van der Waals surface area contributed by atoms with Crippen LogP contribution in [0.4, 0.5) is 5.69 Å². The molecule has 24 heavy (non-hydrogen) atoms. The number of sulfonamides is 1. The molecule has 0 atom stereocenters. The first kappa shape index (κ1) is 18.3. The van der Waals surface area contributed by atoms with Gasteiger partial charge in [-0.1, -0.05) is 0 Å². The molecule has 0 aliphatic rings. The molecule has 8 heteroatoms. The van der Waals surface area contributed by atoms with Crippen LogP contribution in [0.3, 0.4) is 0 Å². The van der Waals surface area contributed by atoms with Crippen LogP contribution >= 0.6 is 15.9 Å². The van der Waals surface area contributed by atoms with Crippen LogP contribution in [-0.4, -0.2) is 35.7 Å². The Morgan fingerprint density at radius 1 is 1.08 bits per heavy atom. The van der Waals surface area contributed by atoms with Gasteiger partial charge >= 0.3 is 5.97 Å². The summed E-state index contributed by atoms with van der Waals surface area (Å²) in [5, 5.41) is 0. The van der Waals surface area contributed by atoms with Gasteiger partial charge in [0.05, 0.1) is 34.8 Å². The predicted octanol–water partition coefficient (Wildman–Crippen LogP) is 3.07. The first-order valence-electron chi connectivity index (χ1n) is 6.82. The van der Waals surface area contributed by atoms with Crippen molar-refractivity contribution in [2.24, 2.45) is 0 Å². The van der Waals surface area contributed by atoms with E-state index < -0.39 is 16.0 Å². The fraction of sp³-hybridized carbons (Fsp3) is 0.188. The highest BCUT2D eigenvalue weighted by atomic mass is 79.9. The lowest BCUT2D eigenvalue weighted by Gasteiger charge is -2.20. The number of methoxy groups -OCH3 is 2. The Bertz CT molecular complexity index is 849. The number of nitrogens with zero attached hydrogens (tertiary/aromatic N) is 1. The van der Waals surface area contributed by atoms with Gasteiger partial charge in [0.2, 0.25) is 0 Å². The quantitative estimate of drug-likeness (QED) is 0.704. The molecular weight excluding hydrogens is 398 g/mol. The van der Waals surface area contributed by atoms with Crippen molar-refractivity contribution in [3.63, 3.8) is 0 Å². The van der Waals surface area contributed by atoms with Gasteiger partial charge in [-0.2, -0.15) is 0 Å². The largest absolute Gasteiger partial charge is 0.496 e. The summed E-state index contributed by atoms with van der Waals surface area (Å²) in [6.07, 6.45) is 0. The maximum atomic E-state index is 12.7. The van der Waals surface area contributed by atoms with Gasteiger partial charge in [0.15, 0.2) is 0 Å². The lowest BCUT2D eigenvalue weighted by atomic mass is 10.2. The van der Waals surface area contributed by atoms with E-state index in [1.165, 1.54) is 45.5 Å². The third kappa shape index (κ3) is 3.54. The average Bonchev–Trinajstić information content (AvgIpc) is 2.60. The summed E-state index contributed by atoms with van der Waals surface area (Å²) < 4.78 is 36.9. The maximum Gasteiger partial charge on any atom is 0.337 e. The Morgan fingerprint density at radius 2 is 1.71 bits per heavy atom. The van der Waals surface area contributed by atoms with Crippen molar-refractivity contribution in [3.05, 3.63) is 52.5 Å². The zero-order chi connectivity index (χ0) is 17.9. The standard InChI is InChI=1S/C16H16BrNO5S/c1-18(12-6-4-11(5-7-12)16(19)23-3)24(20,21)13-8-9-15(22-2)14(17)10-13/h4-10H,1-3H3. The molecule has 2 aromatic carbocycles. The molecule has 0 unspecified atom stereocenters. The summed E-state index contributed by atoms with van der Waals surface area (Å²) in [4.78, 5) is 11.6. The van der Waals surface area contributed by atoms with Crippen molar-refractivity contribution in [2.45, 2.75) is 4.90 Å². The summed E-state index contributed by atoms with van der Waals surface area (Å²) in [7, 11) is 0.488. The van der Waals surface area contributed by atoms with E-state index in [9.17, 15) is 13.2 Å². The summed E-state index contributed by atoms with van der Waals surface area (Å²) in [6.45, 7) is 0. The molecule has 128 valence electrons. The Kier molecular flexibility index (Phi) is 5.51. The second-order valence-corrected chi connectivity index (χ2v) is 7.63. The summed E-state index contributed by atoms with van der Waals surface area (Å²) in [5.41, 5.74) is 0.772. The molecular formula is C16H16BrNO5S. The maximum absolute atomic E-state index is 12.7. The third-order valence-corrected chi connectivity index (χ3v) is 5.83. The van der Waals surface area contributed by atoms with Crippen LogP contribution in [0.25, 0.3) is 0 Å². The third-order valence-electron chi connectivity index (χ3n) is 3.43. The fourth-order valence-corrected chi connectivity index (χ4v) is 3.94. The molecule has 0 aliphatic carbocycles. The Labute approximate surface area is 149 Å². The second kappa shape index (κ2) is 7.23. The molecule has 0 aromatic heterocycles. The highest BCUT2D eigenvalue weighted by Crippen LogP contribution is 2.30. The average molecular weight is 414 g/mol.